The van der Waals surface area contributed by atoms with Crippen LogP contribution >= 0.6 is 0 Å². The van der Waals surface area contributed by atoms with Gasteiger partial charge in [0.25, 0.3) is 0 Å². The van der Waals surface area contributed by atoms with E-state index in [0.29, 0.717) is 42.8 Å². The molecule has 1 unspecified atom stereocenters. The molecule has 0 saturated heterocycles. The summed E-state index contributed by atoms with van der Waals surface area (Å²) in [7, 11) is 0. The highest BCUT2D eigenvalue weighted by Gasteiger charge is 2.63. The third-order valence-electron chi connectivity index (χ3n) is 8.95. The van der Waals surface area contributed by atoms with E-state index in [1.54, 1.807) is 0 Å². The van der Waals surface area contributed by atoms with Gasteiger partial charge in [-0.1, -0.05) is 13.8 Å². The van der Waals surface area contributed by atoms with Crippen LogP contribution in [0.25, 0.3) is 0 Å². The Labute approximate surface area is 150 Å². The summed E-state index contributed by atoms with van der Waals surface area (Å²) in [6, 6.07) is 0. The first kappa shape index (κ1) is 17.7. The van der Waals surface area contributed by atoms with Gasteiger partial charge in [0.05, 0.1) is 6.10 Å². The quantitative estimate of drug-likeness (QED) is 0.805. The summed E-state index contributed by atoms with van der Waals surface area (Å²) < 4.78 is 0. The van der Waals surface area contributed by atoms with Gasteiger partial charge in [0.15, 0.2) is 5.78 Å². The lowest BCUT2D eigenvalue weighted by Gasteiger charge is -2.61. The summed E-state index contributed by atoms with van der Waals surface area (Å²) in [6.07, 6.45) is 6.62. The van der Waals surface area contributed by atoms with E-state index in [4.69, 9.17) is 0 Å². The Morgan fingerprint density at radius 2 is 1.92 bits per heavy atom. The van der Waals surface area contributed by atoms with E-state index < -0.39 is 0 Å². The van der Waals surface area contributed by atoms with Crippen LogP contribution in [0.5, 0.6) is 0 Å². The van der Waals surface area contributed by atoms with Crippen LogP contribution in [0.4, 0.5) is 0 Å². The van der Waals surface area contributed by atoms with Crippen LogP contribution in [0.1, 0.15) is 65.2 Å². The van der Waals surface area contributed by atoms with Crippen LogP contribution in [-0.4, -0.2) is 34.5 Å². The molecule has 0 aliphatic heterocycles. The van der Waals surface area contributed by atoms with E-state index in [9.17, 15) is 19.8 Å². The highest BCUT2D eigenvalue weighted by atomic mass is 16.3. The molecule has 0 aromatic rings. The molecule has 4 rings (SSSR count). The molecule has 2 N–H and O–H groups in total. The summed E-state index contributed by atoms with van der Waals surface area (Å²) in [5, 5.41) is 20.6. The first-order valence-electron chi connectivity index (χ1n) is 10.1. The van der Waals surface area contributed by atoms with E-state index in [-0.39, 0.29) is 41.2 Å². The Morgan fingerprint density at radius 3 is 2.64 bits per heavy atom. The minimum atomic E-state index is -0.389. The maximum Gasteiger partial charge on any atom is 0.161 e. The zero-order valence-electron chi connectivity index (χ0n) is 15.5. The molecule has 140 valence electrons. The van der Waals surface area contributed by atoms with Crippen molar-refractivity contribution < 1.29 is 19.8 Å². The van der Waals surface area contributed by atoms with Crippen molar-refractivity contribution in [1.82, 2.24) is 0 Å². The summed E-state index contributed by atoms with van der Waals surface area (Å²) in [4.78, 5) is 24.3. The van der Waals surface area contributed by atoms with E-state index >= 15 is 0 Å². The molecule has 4 fully saturated rings. The molecule has 8 atom stereocenters. The lowest BCUT2D eigenvalue weighted by atomic mass is 9.44. The molecule has 0 heterocycles. The smallest absolute Gasteiger partial charge is 0.161 e. The maximum absolute atomic E-state index is 12.3. The van der Waals surface area contributed by atoms with Crippen LogP contribution < -0.4 is 0 Å². The number of ketones is 2. The summed E-state index contributed by atoms with van der Waals surface area (Å²) in [5.41, 5.74) is -0.106. The van der Waals surface area contributed by atoms with Crippen molar-refractivity contribution in [3.63, 3.8) is 0 Å². The number of fused-ring (bicyclic) bond motifs is 5. The standard InChI is InChI=1S/C21H32O4/c1-20-8-7-13(23)9-12(20)3-4-14-15-5-6-16(18(25)11-22)21(15,2)10-17(24)19(14)20/h12,14-17,19,22,24H,3-11H2,1-2H3/t12-,14-,15-,16?,17-,19+,20-,21-/m0/s1. The van der Waals surface area contributed by atoms with Gasteiger partial charge in [0.2, 0.25) is 0 Å². The average molecular weight is 348 g/mol. The van der Waals surface area contributed by atoms with Crippen LogP contribution in [0.2, 0.25) is 0 Å². The Morgan fingerprint density at radius 1 is 1.16 bits per heavy atom. The Bertz CT molecular complexity index is 586. The van der Waals surface area contributed by atoms with Crippen LogP contribution in [0, 0.1) is 40.4 Å². The van der Waals surface area contributed by atoms with Gasteiger partial charge in [-0.2, -0.15) is 0 Å². The second-order valence-electron chi connectivity index (χ2n) is 9.85. The van der Waals surface area contributed by atoms with Crippen molar-refractivity contribution >= 4 is 11.6 Å². The largest absolute Gasteiger partial charge is 0.393 e. The van der Waals surface area contributed by atoms with Crippen molar-refractivity contribution in [2.75, 3.05) is 6.61 Å². The number of rotatable bonds is 2. The van der Waals surface area contributed by atoms with Gasteiger partial charge >= 0.3 is 0 Å². The fraction of sp³-hybridized carbons (Fsp3) is 0.905. The van der Waals surface area contributed by atoms with Gasteiger partial charge in [-0.05, 0) is 73.0 Å². The van der Waals surface area contributed by atoms with E-state index in [0.717, 1.165) is 32.1 Å². The highest BCUT2D eigenvalue weighted by molar-refractivity contribution is 5.83. The first-order valence-corrected chi connectivity index (χ1v) is 10.1. The van der Waals surface area contributed by atoms with Gasteiger partial charge in [-0.3, -0.25) is 9.59 Å². The number of Topliss-reactive ketones (excluding diaryl/α,β-unsaturated/α-hetero) is 2. The third-order valence-corrected chi connectivity index (χ3v) is 8.95. The second kappa shape index (κ2) is 5.88. The topological polar surface area (TPSA) is 74.6 Å². The van der Waals surface area contributed by atoms with E-state index in [1.165, 1.54) is 0 Å². The number of hydrogen-bond acceptors (Lipinski definition) is 4. The average Bonchev–Trinajstić information content (AvgIpc) is 2.91. The van der Waals surface area contributed by atoms with E-state index in [2.05, 4.69) is 13.8 Å². The number of hydrogen-bond donors (Lipinski definition) is 2. The molecule has 4 aliphatic carbocycles. The molecular formula is C21H32O4. The fourth-order valence-electron chi connectivity index (χ4n) is 7.81. The Kier molecular flexibility index (Phi) is 4.16. The summed E-state index contributed by atoms with van der Waals surface area (Å²) in [5.74, 6) is 1.86. The molecule has 4 aliphatic rings. The molecule has 0 aromatic heterocycles. The minimum absolute atomic E-state index is 0.0428. The van der Waals surface area contributed by atoms with Crippen molar-refractivity contribution in [3.8, 4) is 0 Å². The SMILES string of the molecule is C[C@]12CCC(=O)C[C@@H]1CC[C@@H]1[C@@H]2[C@@H](O)C[C@]2(C)C(C(=O)CO)CC[C@@H]12. The lowest BCUT2D eigenvalue weighted by molar-refractivity contribution is -0.174. The number of aliphatic hydroxyl groups excluding tert-OH is 2. The molecule has 4 nitrogen and oxygen atoms in total. The normalized spacial score (nSPS) is 52.2. The molecule has 0 amide bonds. The summed E-state index contributed by atoms with van der Waals surface area (Å²) >= 11 is 0. The van der Waals surface area contributed by atoms with Crippen LogP contribution in [-0.2, 0) is 9.59 Å². The molecule has 0 spiro atoms. The van der Waals surface area contributed by atoms with E-state index in [1.807, 2.05) is 0 Å². The predicted molar refractivity (Wildman–Crippen MR) is 93.7 cm³/mol. The van der Waals surface area contributed by atoms with Crippen molar-refractivity contribution in [3.05, 3.63) is 0 Å². The fourth-order valence-corrected chi connectivity index (χ4v) is 7.81. The van der Waals surface area contributed by atoms with Crippen molar-refractivity contribution in [2.24, 2.45) is 40.4 Å². The predicted octanol–water partition coefficient (Wildman–Crippen LogP) is 2.75. The molecule has 0 bridgehead atoms. The Balaban J connectivity index is 1.66. The van der Waals surface area contributed by atoms with Crippen molar-refractivity contribution in [2.45, 2.75) is 71.3 Å². The Hall–Kier alpha value is -0.740. The van der Waals surface area contributed by atoms with Gasteiger partial charge in [0.1, 0.15) is 12.4 Å². The first-order chi connectivity index (χ1) is 11.8. The zero-order chi connectivity index (χ0) is 18.0. The number of carbonyl (C=O) groups excluding carboxylic acids is 2. The van der Waals surface area contributed by atoms with Gasteiger partial charge in [-0.15, -0.1) is 0 Å². The lowest BCUT2D eigenvalue weighted by Crippen LogP contribution is -2.59. The molecule has 0 radical (unpaired) electrons. The highest BCUT2D eigenvalue weighted by Crippen LogP contribution is 2.67. The van der Waals surface area contributed by atoms with Crippen LogP contribution in [0.15, 0.2) is 0 Å². The maximum atomic E-state index is 12.3. The van der Waals surface area contributed by atoms with Gasteiger partial charge in [0, 0.05) is 18.8 Å². The molecular weight excluding hydrogens is 316 g/mol. The van der Waals surface area contributed by atoms with Gasteiger partial charge < -0.3 is 10.2 Å². The third kappa shape index (κ3) is 2.39. The number of aliphatic hydroxyl groups is 2. The van der Waals surface area contributed by atoms with Crippen molar-refractivity contribution in [1.29, 1.82) is 0 Å². The molecule has 25 heavy (non-hydrogen) atoms. The summed E-state index contributed by atoms with van der Waals surface area (Å²) in [6.45, 7) is 4.12. The van der Waals surface area contributed by atoms with Crippen LogP contribution in [0.3, 0.4) is 0 Å². The molecule has 0 aromatic carbocycles. The molecule has 4 saturated carbocycles. The second-order valence-corrected chi connectivity index (χ2v) is 9.85. The zero-order valence-corrected chi connectivity index (χ0v) is 15.5. The molecule has 4 heteroatoms. The monoisotopic (exact) mass is 348 g/mol. The minimum Gasteiger partial charge on any atom is -0.393 e. The number of carbonyl (C=O) groups is 2. The van der Waals surface area contributed by atoms with Gasteiger partial charge in [-0.25, -0.2) is 0 Å².